The molecule has 6 heteroatoms. The van der Waals surface area contributed by atoms with Crippen molar-refractivity contribution in [3.63, 3.8) is 0 Å². The lowest BCUT2D eigenvalue weighted by Gasteiger charge is -2.10. The maximum atomic E-state index is 12.8. The van der Waals surface area contributed by atoms with Gasteiger partial charge in [-0.1, -0.05) is 12.1 Å². The number of nitrogens with zero attached hydrogens (tertiary/aromatic N) is 3. The molecule has 0 amide bonds. The van der Waals surface area contributed by atoms with E-state index in [1.165, 1.54) is 0 Å². The molecule has 24 heavy (non-hydrogen) atoms. The first kappa shape index (κ1) is 15.3. The van der Waals surface area contributed by atoms with Crippen LogP contribution in [0.5, 0.6) is 0 Å². The van der Waals surface area contributed by atoms with Gasteiger partial charge in [-0.2, -0.15) is 15.6 Å². The Bertz CT molecular complexity index is 1130. The van der Waals surface area contributed by atoms with E-state index in [2.05, 4.69) is 15.5 Å². The summed E-state index contributed by atoms with van der Waals surface area (Å²) in [4.78, 5) is 16.1. The predicted octanol–water partition coefficient (Wildman–Crippen LogP) is 3.11. The maximum absolute atomic E-state index is 12.8. The number of anilines is 1. The number of hydrazone groups is 1. The van der Waals surface area contributed by atoms with Gasteiger partial charge in [0.15, 0.2) is 5.43 Å². The molecule has 1 heterocycles. The molecule has 3 aromatic rings. The molecule has 0 saturated carbocycles. The van der Waals surface area contributed by atoms with Gasteiger partial charge < -0.3 is 4.98 Å². The molecule has 2 aromatic carbocycles. The molecule has 0 aliphatic rings. The summed E-state index contributed by atoms with van der Waals surface area (Å²) in [6.07, 6.45) is 0. The topological polar surface area (TPSA) is 105 Å². The van der Waals surface area contributed by atoms with Gasteiger partial charge in [0.05, 0.1) is 16.7 Å². The van der Waals surface area contributed by atoms with Crippen molar-refractivity contribution < 1.29 is 0 Å². The Hall–Kier alpha value is -3.64. The van der Waals surface area contributed by atoms with Crippen LogP contribution in [0.3, 0.4) is 0 Å². The van der Waals surface area contributed by atoms with E-state index in [1.54, 1.807) is 30.3 Å². The van der Waals surface area contributed by atoms with Crippen LogP contribution in [0.15, 0.2) is 40.2 Å². The van der Waals surface area contributed by atoms with Gasteiger partial charge >= 0.3 is 0 Å². The largest absolute Gasteiger partial charge is 0.353 e. The molecule has 0 bridgehead atoms. The van der Waals surface area contributed by atoms with E-state index in [-0.39, 0.29) is 11.1 Å². The lowest BCUT2D eigenvalue weighted by Crippen LogP contribution is -2.07. The molecular formula is C18H13N5O. The van der Waals surface area contributed by atoms with Crippen LogP contribution in [0.2, 0.25) is 0 Å². The van der Waals surface area contributed by atoms with E-state index in [1.807, 2.05) is 26.0 Å². The number of hydrogen-bond acceptors (Lipinski definition) is 5. The molecule has 0 atom stereocenters. The summed E-state index contributed by atoms with van der Waals surface area (Å²) in [5.41, 5.74) is 6.14. The van der Waals surface area contributed by atoms with Crippen molar-refractivity contribution in [2.24, 2.45) is 5.10 Å². The molecule has 0 spiro atoms. The molecule has 0 aliphatic heterocycles. The number of nitriles is 2. The average molecular weight is 315 g/mol. The number of aromatic amines is 1. The van der Waals surface area contributed by atoms with Crippen molar-refractivity contribution in [3.8, 4) is 12.1 Å². The van der Waals surface area contributed by atoms with E-state index < -0.39 is 0 Å². The molecule has 0 aliphatic carbocycles. The minimum atomic E-state index is -0.290. The maximum Gasteiger partial charge on any atom is 0.237 e. The zero-order valence-electron chi connectivity index (χ0n) is 13.1. The number of hydrogen-bond donors (Lipinski definition) is 2. The third-order valence-corrected chi connectivity index (χ3v) is 3.78. The Kier molecular flexibility index (Phi) is 3.73. The van der Waals surface area contributed by atoms with Crippen molar-refractivity contribution in [2.45, 2.75) is 13.8 Å². The molecule has 0 saturated heterocycles. The first-order valence-corrected chi connectivity index (χ1v) is 7.25. The van der Waals surface area contributed by atoms with Gasteiger partial charge in [-0.3, -0.25) is 10.2 Å². The second-order valence-corrected chi connectivity index (χ2v) is 5.48. The summed E-state index contributed by atoms with van der Waals surface area (Å²) in [7, 11) is 0. The highest BCUT2D eigenvalue weighted by molar-refractivity contribution is 6.10. The molecular weight excluding hydrogens is 302 g/mol. The molecule has 0 unspecified atom stereocenters. The summed E-state index contributed by atoms with van der Waals surface area (Å²) >= 11 is 0. The van der Waals surface area contributed by atoms with Crippen LogP contribution in [0.25, 0.3) is 21.8 Å². The lowest BCUT2D eigenvalue weighted by molar-refractivity contribution is 1.33. The van der Waals surface area contributed by atoms with Crippen molar-refractivity contribution in [1.82, 2.24) is 4.98 Å². The van der Waals surface area contributed by atoms with E-state index in [0.29, 0.717) is 22.0 Å². The fraction of sp³-hybridized carbons (Fsp3) is 0.111. The Morgan fingerprint density at radius 2 is 1.96 bits per heavy atom. The monoisotopic (exact) mass is 315 g/mol. The fourth-order valence-corrected chi connectivity index (χ4v) is 2.80. The number of para-hydroxylation sites is 1. The first-order valence-electron chi connectivity index (χ1n) is 7.25. The second-order valence-electron chi connectivity index (χ2n) is 5.48. The van der Waals surface area contributed by atoms with Gasteiger partial charge in [0, 0.05) is 10.8 Å². The summed E-state index contributed by atoms with van der Waals surface area (Å²) in [5.74, 6) is 0. The number of rotatable bonds is 2. The summed E-state index contributed by atoms with van der Waals surface area (Å²) in [6, 6.07) is 12.4. The quantitative estimate of drug-likeness (QED) is 0.430. The Balaban J connectivity index is 2.31. The molecule has 6 nitrogen and oxygen atoms in total. The van der Waals surface area contributed by atoms with Gasteiger partial charge in [0.2, 0.25) is 5.71 Å². The number of H-pyrrole nitrogens is 1. The molecule has 0 fully saturated rings. The van der Waals surface area contributed by atoms with Gasteiger partial charge in [0.25, 0.3) is 0 Å². The lowest BCUT2D eigenvalue weighted by atomic mass is 10.0. The number of pyridine rings is 1. The SMILES string of the molecule is Cc1cc(C)c2c(=O)c3cccc(NN=C(C#N)C#N)c3[nH]c2c1. The van der Waals surface area contributed by atoms with Crippen molar-refractivity contribution in [1.29, 1.82) is 10.5 Å². The van der Waals surface area contributed by atoms with Gasteiger partial charge in [-0.05, 0) is 43.2 Å². The zero-order chi connectivity index (χ0) is 17.3. The van der Waals surface area contributed by atoms with Crippen LogP contribution in [0, 0.1) is 36.5 Å². The molecule has 0 radical (unpaired) electrons. The number of aryl methyl sites for hydroxylation is 2. The van der Waals surface area contributed by atoms with Gasteiger partial charge in [-0.15, -0.1) is 0 Å². The number of nitrogens with one attached hydrogen (secondary N) is 2. The van der Waals surface area contributed by atoms with Gasteiger partial charge in [0.1, 0.15) is 12.1 Å². The van der Waals surface area contributed by atoms with E-state index in [0.717, 1.165) is 16.6 Å². The average Bonchev–Trinajstić information content (AvgIpc) is 2.55. The Morgan fingerprint density at radius 1 is 1.21 bits per heavy atom. The van der Waals surface area contributed by atoms with E-state index in [9.17, 15) is 4.79 Å². The minimum Gasteiger partial charge on any atom is -0.353 e. The van der Waals surface area contributed by atoms with Gasteiger partial charge in [-0.25, -0.2) is 0 Å². The van der Waals surface area contributed by atoms with Crippen LogP contribution in [0.1, 0.15) is 11.1 Å². The van der Waals surface area contributed by atoms with Crippen LogP contribution >= 0.6 is 0 Å². The molecule has 2 N–H and O–H groups in total. The molecule has 3 rings (SSSR count). The third-order valence-electron chi connectivity index (χ3n) is 3.78. The van der Waals surface area contributed by atoms with Crippen molar-refractivity contribution >= 4 is 33.2 Å². The van der Waals surface area contributed by atoms with E-state index >= 15 is 0 Å². The Labute approximate surface area is 137 Å². The first-order chi connectivity index (χ1) is 11.5. The van der Waals surface area contributed by atoms with Crippen molar-refractivity contribution in [2.75, 3.05) is 5.43 Å². The van der Waals surface area contributed by atoms with Crippen LogP contribution in [-0.2, 0) is 0 Å². The number of benzene rings is 2. The normalized spacial score (nSPS) is 10.2. The predicted molar refractivity (Wildman–Crippen MR) is 93.8 cm³/mol. The van der Waals surface area contributed by atoms with Crippen molar-refractivity contribution in [3.05, 3.63) is 51.7 Å². The zero-order valence-corrected chi connectivity index (χ0v) is 13.1. The van der Waals surface area contributed by atoms with E-state index in [4.69, 9.17) is 10.5 Å². The standard InChI is InChI=1S/C18H13N5O/c1-10-6-11(2)16-15(7-10)21-17-13(18(16)24)4-3-5-14(17)23-22-12(8-19)9-20/h3-7,23H,1-2H3,(H,21,24). The number of fused-ring (bicyclic) bond motifs is 2. The minimum absolute atomic E-state index is 0.0651. The summed E-state index contributed by atoms with van der Waals surface area (Å²) in [6.45, 7) is 3.88. The second kappa shape index (κ2) is 5.86. The molecule has 1 aromatic heterocycles. The fourth-order valence-electron chi connectivity index (χ4n) is 2.80. The molecule has 116 valence electrons. The highest BCUT2D eigenvalue weighted by Crippen LogP contribution is 2.24. The Morgan fingerprint density at radius 3 is 2.67 bits per heavy atom. The highest BCUT2D eigenvalue weighted by Gasteiger charge is 2.11. The summed E-state index contributed by atoms with van der Waals surface area (Å²) < 4.78 is 0. The van der Waals surface area contributed by atoms with Crippen LogP contribution in [0.4, 0.5) is 5.69 Å². The smallest absolute Gasteiger partial charge is 0.237 e. The van der Waals surface area contributed by atoms with Crippen LogP contribution in [-0.4, -0.2) is 10.7 Å². The highest BCUT2D eigenvalue weighted by atomic mass is 16.1. The van der Waals surface area contributed by atoms with Crippen LogP contribution < -0.4 is 10.9 Å². The summed E-state index contributed by atoms with van der Waals surface area (Å²) in [5, 5.41) is 22.4. The number of aromatic nitrogens is 1. The third kappa shape index (κ3) is 2.47.